The highest BCUT2D eigenvalue weighted by Gasteiger charge is 2.33. The average Bonchev–Trinajstić information content (AvgIpc) is 2.82. The second-order valence-electron chi connectivity index (χ2n) is 7.72. The molecule has 0 spiro atoms. The van der Waals surface area contributed by atoms with E-state index in [0.29, 0.717) is 17.7 Å². The van der Waals surface area contributed by atoms with Gasteiger partial charge in [0.05, 0.1) is 16.4 Å². The van der Waals surface area contributed by atoms with Crippen molar-refractivity contribution in [2.75, 3.05) is 25.0 Å². The van der Waals surface area contributed by atoms with Crippen LogP contribution < -0.4 is 5.32 Å². The molecule has 0 radical (unpaired) electrons. The molecule has 35 heavy (non-hydrogen) atoms. The first-order chi connectivity index (χ1) is 16.5. The van der Waals surface area contributed by atoms with Crippen molar-refractivity contribution in [3.8, 4) is 0 Å². The van der Waals surface area contributed by atoms with Gasteiger partial charge in [-0.25, -0.2) is 4.39 Å². The largest absolute Gasteiger partial charge is 0.455 e. The molecule has 2 aromatic rings. The molecule has 0 saturated carbocycles. The number of benzene rings is 2. The summed E-state index contributed by atoms with van der Waals surface area (Å²) in [5.41, 5.74) is -2.38. The monoisotopic (exact) mass is 497 g/mol. The zero-order chi connectivity index (χ0) is 25.8. The fraction of sp³-hybridized carbons (Fsp3) is 0.318. The number of anilines is 1. The number of alkyl halides is 3. The number of esters is 1. The van der Waals surface area contributed by atoms with Crippen molar-refractivity contribution in [1.29, 1.82) is 0 Å². The first kappa shape index (κ1) is 25.6. The molecule has 3 rings (SSSR count). The van der Waals surface area contributed by atoms with E-state index in [1.54, 1.807) is 0 Å². The van der Waals surface area contributed by atoms with E-state index in [4.69, 9.17) is 4.74 Å². The summed E-state index contributed by atoms with van der Waals surface area (Å²) in [6.07, 6.45) is -4.28. The number of halogens is 4. The van der Waals surface area contributed by atoms with E-state index in [-0.39, 0.29) is 31.8 Å². The normalized spacial score (nSPS) is 14.3. The van der Waals surface area contributed by atoms with Gasteiger partial charge in [-0.1, -0.05) is 0 Å². The average molecular weight is 497 g/mol. The van der Waals surface area contributed by atoms with E-state index < -0.39 is 58.3 Å². The predicted molar refractivity (Wildman–Crippen MR) is 113 cm³/mol. The van der Waals surface area contributed by atoms with Crippen LogP contribution in [0.2, 0.25) is 0 Å². The second kappa shape index (κ2) is 10.5. The van der Waals surface area contributed by atoms with Gasteiger partial charge in [0.1, 0.15) is 11.5 Å². The lowest BCUT2D eigenvalue weighted by molar-refractivity contribution is -0.384. The molecule has 1 aliphatic rings. The maximum Gasteiger partial charge on any atom is 0.416 e. The molecule has 0 bridgehead atoms. The number of rotatable bonds is 6. The maximum absolute atomic E-state index is 13.0. The molecule has 1 saturated heterocycles. The Morgan fingerprint density at radius 3 is 2.29 bits per heavy atom. The van der Waals surface area contributed by atoms with Crippen LogP contribution in [0.1, 0.15) is 28.8 Å². The van der Waals surface area contributed by atoms with Crippen LogP contribution in [0, 0.1) is 21.8 Å². The minimum atomic E-state index is -4.80. The van der Waals surface area contributed by atoms with E-state index in [2.05, 4.69) is 5.32 Å². The topological polar surface area (TPSA) is 119 Å². The SMILES string of the molecule is O=C(COC(=O)C1CCN(C(=O)c2ccc(F)cc2)CC1)Nc1ccc(C(F)(F)F)cc1[N+](=O)[O-]. The van der Waals surface area contributed by atoms with Crippen molar-refractivity contribution in [2.45, 2.75) is 19.0 Å². The van der Waals surface area contributed by atoms with Crippen LogP contribution in [0.25, 0.3) is 0 Å². The van der Waals surface area contributed by atoms with Crippen LogP contribution in [0.5, 0.6) is 0 Å². The standard InChI is InChI=1S/C22H19F4N3O6/c23-16-4-1-13(2-5-16)20(31)28-9-7-14(8-10-28)21(32)35-12-19(30)27-17-6-3-15(22(24,25)26)11-18(17)29(33)34/h1-6,11,14H,7-10,12H2,(H,27,30). The van der Waals surface area contributed by atoms with E-state index in [1.165, 1.54) is 29.2 Å². The van der Waals surface area contributed by atoms with E-state index in [0.717, 1.165) is 6.07 Å². The number of likely N-dealkylation sites (tertiary alicyclic amines) is 1. The molecule has 9 nitrogen and oxygen atoms in total. The van der Waals surface area contributed by atoms with E-state index in [9.17, 15) is 42.1 Å². The quantitative estimate of drug-likeness (QED) is 0.281. The smallest absolute Gasteiger partial charge is 0.416 e. The Balaban J connectivity index is 1.50. The summed E-state index contributed by atoms with van der Waals surface area (Å²) in [6.45, 7) is -0.328. The Morgan fingerprint density at radius 1 is 1.09 bits per heavy atom. The second-order valence-corrected chi connectivity index (χ2v) is 7.72. The third-order valence-corrected chi connectivity index (χ3v) is 5.35. The minimum Gasteiger partial charge on any atom is -0.455 e. The molecular weight excluding hydrogens is 478 g/mol. The van der Waals surface area contributed by atoms with Gasteiger partial charge in [0, 0.05) is 24.7 Å². The number of amides is 2. The van der Waals surface area contributed by atoms with Crippen molar-refractivity contribution in [2.24, 2.45) is 5.92 Å². The van der Waals surface area contributed by atoms with Crippen molar-refractivity contribution >= 4 is 29.2 Å². The molecule has 0 unspecified atom stereocenters. The lowest BCUT2D eigenvalue weighted by Gasteiger charge is -2.31. The number of ether oxygens (including phenoxy) is 1. The molecule has 1 N–H and O–H groups in total. The number of carbonyl (C=O) groups is 3. The Hall–Kier alpha value is -4.03. The Bertz CT molecular complexity index is 1130. The first-order valence-corrected chi connectivity index (χ1v) is 10.3. The molecule has 1 fully saturated rings. The Kier molecular flexibility index (Phi) is 7.67. The third-order valence-electron chi connectivity index (χ3n) is 5.35. The minimum absolute atomic E-state index is 0.236. The van der Waals surface area contributed by atoms with Gasteiger partial charge in [0.2, 0.25) is 0 Å². The van der Waals surface area contributed by atoms with Gasteiger partial charge in [-0.05, 0) is 49.2 Å². The van der Waals surface area contributed by atoms with Crippen LogP contribution in [0.15, 0.2) is 42.5 Å². The van der Waals surface area contributed by atoms with Crippen molar-refractivity contribution in [3.63, 3.8) is 0 Å². The fourth-order valence-corrected chi connectivity index (χ4v) is 3.50. The number of hydrogen-bond acceptors (Lipinski definition) is 6. The van der Waals surface area contributed by atoms with Crippen LogP contribution in [0.4, 0.5) is 28.9 Å². The lowest BCUT2D eigenvalue weighted by Crippen LogP contribution is -2.41. The highest BCUT2D eigenvalue weighted by atomic mass is 19.4. The molecule has 1 aliphatic heterocycles. The van der Waals surface area contributed by atoms with Crippen molar-refractivity contribution < 1.29 is 41.6 Å². The summed E-state index contributed by atoms with van der Waals surface area (Å²) < 4.78 is 56.3. The predicted octanol–water partition coefficient (Wildman–Crippen LogP) is 3.79. The van der Waals surface area contributed by atoms with Crippen LogP contribution in [-0.2, 0) is 20.5 Å². The number of hydrogen-bond donors (Lipinski definition) is 1. The Morgan fingerprint density at radius 2 is 1.71 bits per heavy atom. The number of nitrogens with one attached hydrogen (secondary N) is 1. The van der Waals surface area contributed by atoms with Gasteiger partial charge in [-0.15, -0.1) is 0 Å². The molecule has 1 heterocycles. The van der Waals surface area contributed by atoms with Gasteiger partial charge in [-0.3, -0.25) is 24.5 Å². The molecule has 0 aromatic heterocycles. The number of nitro groups is 1. The third kappa shape index (κ3) is 6.52. The first-order valence-electron chi connectivity index (χ1n) is 10.3. The summed E-state index contributed by atoms with van der Waals surface area (Å²) in [7, 11) is 0. The fourth-order valence-electron chi connectivity index (χ4n) is 3.50. The van der Waals surface area contributed by atoms with E-state index in [1.807, 2.05) is 0 Å². The van der Waals surface area contributed by atoms with Crippen molar-refractivity contribution in [3.05, 3.63) is 69.5 Å². The van der Waals surface area contributed by atoms with Gasteiger partial charge in [-0.2, -0.15) is 13.2 Å². The van der Waals surface area contributed by atoms with Crippen LogP contribution in [0.3, 0.4) is 0 Å². The molecule has 0 aliphatic carbocycles. The van der Waals surface area contributed by atoms with Crippen molar-refractivity contribution in [1.82, 2.24) is 4.90 Å². The zero-order valence-electron chi connectivity index (χ0n) is 18.0. The highest BCUT2D eigenvalue weighted by Crippen LogP contribution is 2.35. The number of nitro benzene ring substituents is 1. The molecule has 0 atom stereocenters. The zero-order valence-corrected chi connectivity index (χ0v) is 18.0. The summed E-state index contributed by atoms with van der Waals surface area (Å²) in [5.74, 6) is -3.06. The van der Waals surface area contributed by atoms with E-state index >= 15 is 0 Å². The number of nitrogens with zero attached hydrogens (tertiary/aromatic N) is 2. The molecule has 186 valence electrons. The van der Waals surface area contributed by atoms with Crippen LogP contribution in [-0.4, -0.2) is 47.3 Å². The molecule has 2 aromatic carbocycles. The number of carbonyl (C=O) groups excluding carboxylic acids is 3. The lowest BCUT2D eigenvalue weighted by atomic mass is 9.96. The number of piperidine rings is 1. The maximum atomic E-state index is 13.0. The summed E-state index contributed by atoms with van der Waals surface area (Å²) in [6, 6.07) is 6.67. The van der Waals surface area contributed by atoms with Gasteiger partial charge >= 0.3 is 12.1 Å². The summed E-state index contributed by atoms with van der Waals surface area (Å²) in [4.78, 5) is 48.3. The Labute approximate surface area is 195 Å². The molecular formula is C22H19F4N3O6. The van der Waals surface area contributed by atoms with Crippen LogP contribution >= 0.6 is 0 Å². The molecule has 13 heteroatoms. The van der Waals surface area contributed by atoms with Gasteiger partial charge in [0.15, 0.2) is 6.61 Å². The van der Waals surface area contributed by atoms with Gasteiger partial charge < -0.3 is 15.0 Å². The summed E-state index contributed by atoms with van der Waals surface area (Å²) in [5, 5.41) is 13.2. The molecule has 2 amide bonds. The summed E-state index contributed by atoms with van der Waals surface area (Å²) >= 11 is 0. The van der Waals surface area contributed by atoms with Gasteiger partial charge in [0.25, 0.3) is 17.5 Å². The highest BCUT2D eigenvalue weighted by molar-refractivity contribution is 5.95.